The Bertz CT molecular complexity index is 8150. The number of aryl methyl sites for hydroxylation is 3. The maximum absolute atomic E-state index is 15.2. The number of halogens is 5. The minimum absolute atomic E-state index is 0.00992. The second-order valence-electron chi connectivity index (χ2n) is 36.4. The molecular weight excluding hydrogens is 1930 g/mol. The second-order valence-corrected chi connectivity index (χ2v) is 38.4. The number of aromatic nitrogens is 6. The number of benzene rings is 11. The number of amides is 4. The van der Waals surface area contributed by atoms with E-state index < -0.39 is 43.0 Å². The molecule has 11 aromatic carbocycles. The maximum atomic E-state index is 15.2. The van der Waals surface area contributed by atoms with Crippen LogP contribution in [0, 0.1) is 63.2 Å². The molecule has 0 radical (unpaired) electrons. The molecule has 750 valence electrons. The fraction of sp³-hybridized carbons (Fsp3) is 0.159. The predicted molar refractivity (Wildman–Crippen MR) is 561 cm³/mol. The molecule has 4 aliphatic heterocycles. The van der Waals surface area contributed by atoms with Gasteiger partial charge in [-0.25, -0.2) is 55.9 Å². The molecule has 2 aliphatic carbocycles. The number of sulfonamides is 1. The number of hydrogen-bond donors (Lipinski definition) is 10. The van der Waals surface area contributed by atoms with Crippen molar-refractivity contribution in [2.45, 2.75) is 89.1 Å². The van der Waals surface area contributed by atoms with Gasteiger partial charge in [-0.1, -0.05) is 133 Å². The van der Waals surface area contributed by atoms with E-state index in [1.54, 1.807) is 104 Å². The minimum atomic E-state index is -3.74. The Kier molecular flexibility index (Phi) is 29.1. The van der Waals surface area contributed by atoms with Crippen LogP contribution in [0.3, 0.4) is 0 Å². The van der Waals surface area contributed by atoms with Crippen LogP contribution in [-0.4, -0.2) is 121 Å². The van der Waals surface area contributed by atoms with Gasteiger partial charge in [-0.2, -0.15) is 8.70 Å². The molecule has 1 saturated carbocycles. The van der Waals surface area contributed by atoms with Gasteiger partial charge in [-0.15, -0.1) is 0 Å². The highest BCUT2D eigenvalue weighted by Gasteiger charge is 2.36. The number of pyridine rings is 4. The van der Waals surface area contributed by atoms with Crippen LogP contribution in [0.4, 0.5) is 68.1 Å². The Morgan fingerprint density at radius 3 is 1.29 bits per heavy atom. The van der Waals surface area contributed by atoms with E-state index in [1.165, 1.54) is 66.3 Å². The first-order valence-corrected chi connectivity index (χ1v) is 49.1. The molecule has 0 unspecified atom stereocenters. The number of nitro benzene ring substituents is 2. The van der Waals surface area contributed by atoms with Crippen LogP contribution in [0.25, 0.3) is 112 Å². The normalized spacial score (nSPS) is 13.7. The van der Waals surface area contributed by atoms with Gasteiger partial charge in [0, 0.05) is 201 Å². The first kappa shape index (κ1) is 101. The van der Waals surface area contributed by atoms with E-state index in [4.69, 9.17) is 28.7 Å². The molecule has 0 atom stereocenters. The smallest absolute Gasteiger partial charge is 0.305 e. The Labute approximate surface area is 851 Å². The van der Waals surface area contributed by atoms with Gasteiger partial charge in [-0.3, -0.25) is 44.2 Å². The first-order chi connectivity index (χ1) is 71.7. The number of carbonyl (C=O) groups is 5. The third-order valence-electron chi connectivity index (χ3n) is 26.7. The monoisotopic (exact) mass is 2020 g/mol. The summed E-state index contributed by atoms with van der Waals surface area (Å²) in [5.41, 5.74) is 50.5. The average Bonchev–Trinajstić information content (AvgIpc) is 1.76. The number of nitrogen functional groups attached to an aromatic ring is 5. The van der Waals surface area contributed by atoms with Crippen LogP contribution in [0.5, 0.6) is 0 Å². The standard InChI is InChI=1S/C27H22FN5O3.C24H23FN4O3S.2C21H18FN3O.C20H15FN4O3/c28-23-13-24(31-14-16-4-2-1-3-5-16)25(33(35)36)12-21(23)19-11-22(26(29)32-15-19)17-6-7-20-18(10-17)8-9-30-27(20)34;1-29(17-3-4-17)33(31,32)18-5-7-19(22(25)12-18)16-11-21(23(26)28-13-16)14-2-6-20-15(10-14)8-9-27-24(20)30;1-12-2-5-19(22)17(8-12)15-10-18(20(23)25-11-15)13-3-4-16-14(9-13)6-7-24-21(16)26;1-12-3-2-4-16(19(12)22)15-10-18(20(23)25-11-15)13-5-6-17-14(9-13)7-8-24-21(17)26;21-18-14(4-2-5-16(18)25(27)28)15-10-23-20(22)19(24-15)12-7-8-13-11(9-12)3-1-6-17(13)26/h1-7,10-13,15,31H,8-9,14H2,(H2,29,32)(H,30,34);2,5-7,10-13,17H,3-4,8-9H2,1H3,(H2,26,28)(H,27,30);2-5,8-11H,6-7H2,1H3,(H2,23,25)(H,24,26);2-6,9-11H,7-8H2,1H3,(H2,23,25)(H,24,26);2,4-5,7-10H,1,3,6H2,(H2,22,23). The van der Waals surface area contributed by atoms with Gasteiger partial charge in [0.25, 0.3) is 29.3 Å². The molecule has 6 aliphatic rings. The molecule has 15 N–H and O–H groups in total. The number of nitrogens with zero attached hydrogens (tertiary/aromatic N) is 9. The fourth-order valence-corrected chi connectivity index (χ4v) is 19.9. The van der Waals surface area contributed by atoms with E-state index in [1.807, 2.05) is 97.9 Å². The third kappa shape index (κ3) is 21.8. The van der Waals surface area contributed by atoms with Crippen molar-refractivity contribution in [2.24, 2.45) is 0 Å². The van der Waals surface area contributed by atoms with Gasteiger partial charge in [0.15, 0.2) is 5.78 Å². The van der Waals surface area contributed by atoms with Gasteiger partial charge in [-0.05, 0) is 211 Å². The quantitative estimate of drug-likeness (QED) is 0.0217. The molecule has 9 heterocycles. The van der Waals surface area contributed by atoms with E-state index >= 15 is 8.78 Å². The molecule has 149 heavy (non-hydrogen) atoms. The highest BCUT2D eigenvalue weighted by atomic mass is 32.2. The summed E-state index contributed by atoms with van der Waals surface area (Å²) in [7, 11) is -2.22. The number of nitro groups is 2. The third-order valence-corrected chi connectivity index (χ3v) is 28.6. The van der Waals surface area contributed by atoms with Gasteiger partial charge in [0.05, 0.1) is 26.6 Å². The lowest BCUT2D eigenvalue weighted by atomic mass is 9.89. The van der Waals surface area contributed by atoms with E-state index in [-0.39, 0.29) is 103 Å². The van der Waals surface area contributed by atoms with Crippen molar-refractivity contribution in [3.63, 3.8) is 0 Å². The van der Waals surface area contributed by atoms with Crippen molar-refractivity contribution >= 4 is 85.6 Å². The van der Waals surface area contributed by atoms with Gasteiger partial charge < -0.3 is 55.3 Å². The van der Waals surface area contributed by atoms with Crippen molar-refractivity contribution < 1.29 is 64.2 Å². The lowest BCUT2D eigenvalue weighted by Gasteiger charge is -2.18. The van der Waals surface area contributed by atoms with Gasteiger partial charge >= 0.3 is 5.69 Å². The summed E-state index contributed by atoms with van der Waals surface area (Å²) in [4.78, 5) is 107. The average molecular weight is 2020 g/mol. The molecule has 0 saturated heterocycles. The first-order valence-electron chi connectivity index (χ1n) is 47.6. The van der Waals surface area contributed by atoms with Crippen molar-refractivity contribution in [2.75, 3.05) is 67.2 Å². The zero-order chi connectivity index (χ0) is 105. The molecule has 1 fully saturated rings. The largest absolute Gasteiger partial charge is 0.383 e. The molecule has 16 aromatic rings. The second kappa shape index (κ2) is 43.0. The number of nitrogens with two attached hydrogens (primary N) is 5. The zero-order valence-electron chi connectivity index (χ0n) is 80.5. The molecule has 4 amide bonds. The summed E-state index contributed by atoms with van der Waals surface area (Å²) in [6.45, 7) is 6.32. The number of rotatable bonds is 18. The number of anilines is 6. The molecule has 30 nitrogen and oxygen atoms in total. The Balaban J connectivity index is 0.000000122. The molecular formula is C113H96F5N19O11S. The van der Waals surface area contributed by atoms with E-state index in [0.29, 0.717) is 153 Å². The number of nitrogens with one attached hydrogen (secondary N) is 5. The molecule has 22 rings (SSSR count). The Morgan fingerprint density at radius 1 is 0.383 bits per heavy atom. The van der Waals surface area contributed by atoms with Crippen LogP contribution in [-0.2, 0) is 48.7 Å². The maximum Gasteiger partial charge on any atom is 0.305 e. The van der Waals surface area contributed by atoms with Crippen molar-refractivity contribution in [1.29, 1.82) is 0 Å². The topological polar surface area (TPSA) is 477 Å². The van der Waals surface area contributed by atoms with E-state index in [2.05, 4.69) is 56.5 Å². The summed E-state index contributed by atoms with van der Waals surface area (Å²) in [6.07, 6.45) is 14.0. The Morgan fingerprint density at radius 2 is 0.805 bits per heavy atom. The highest BCUT2D eigenvalue weighted by molar-refractivity contribution is 7.89. The molecule has 5 aromatic heterocycles. The lowest BCUT2D eigenvalue weighted by Crippen LogP contribution is -2.31. The zero-order valence-corrected chi connectivity index (χ0v) is 81.3. The van der Waals surface area contributed by atoms with Crippen molar-refractivity contribution in [3.8, 4) is 112 Å². The summed E-state index contributed by atoms with van der Waals surface area (Å²) >= 11 is 0. The van der Waals surface area contributed by atoms with Crippen LogP contribution in [0.1, 0.15) is 122 Å². The predicted octanol–water partition coefficient (Wildman–Crippen LogP) is 19.6. The number of ketones is 1. The minimum Gasteiger partial charge on any atom is -0.383 e. The molecule has 36 heteroatoms. The van der Waals surface area contributed by atoms with E-state index in [9.17, 15) is 65.8 Å². The van der Waals surface area contributed by atoms with Crippen LogP contribution in [0.15, 0.2) is 266 Å². The Hall–Kier alpha value is -18.2. The molecule has 0 spiro atoms. The highest BCUT2D eigenvalue weighted by Crippen LogP contribution is 2.43. The van der Waals surface area contributed by atoms with Crippen LogP contribution in [0.2, 0.25) is 0 Å². The lowest BCUT2D eigenvalue weighted by molar-refractivity contribution is -0.387. The molecule has 0 bridgehead atoms. The SMILES string of the molecule is CN(C1CC1)S(=O)(=O)c1ccc(-c2cnc(N)c(-c3ccc4c(c3)CCNC4=O)c2)c(F)c1.Cc1ccc(F)c(-c2cnc(N)c(-c3ccc4c(c3)CCNC4=O)c2)c1.Cc1cccc(-c2cnc(N)c(-c3ccc4c(c3)CCNC4=O)c2)c1F.Nc1ncc(-c2cc([N+](=O)[O-])c(NCc3ccccc3)cc2F)cc1-c1ccc2c(c1)CCNC2=O.Nc1ncc(-c2cccc([N+](=O)[O-])c2F)nc1-c1ccc2c(c1)CCCC2=O. The number of carbonyl (C=O) groups excluding carboxylic acids is 5. The summed E-state index contributed by atoms with van der Waals surface area (Å²) in [6, 6.07) is 64.2. The van der Waals surface area contributed by atoms with Gasteiger partial charge in [0.1, 0.15) is 63.7 Å². The summed E-state index contributed by atoms with van der Waals surface area (Å²) in [5, 5.41) is 37.0. The van der Waals surface area contributed by atoms with Crippen molar-refractivity contribution in [1.82, 2.24) is 55.5 Å². The number of hydrogen-bond acceptors (Lipinski definition) is 23. The number of Topliss-reactive ketones (excluding diaryl/α,β-unsaturated/α-hetero) is 1. The summed E-state index contributed by atoms with van der Waals surface area (Å²) in [5.74, 6) is -1.63. The fourth-order valence-electron chi connectivity index (χ4n) is 18.5. The van der Waals surface area contributed by atoms with Crippen LogP contribution >= 0.6 is 0 Å². The van der Waals surface area contributed by atoms with E-state index in [0.717, 1.165) is 129 Å². The van der Waals surface area contributed by atoms with Gasteiger partial charge in [0.2, 0.25) is 15.8 Å². The number of fused-ring (bicyclic) bond motifs is 5. The van der Waals surface area contributed by atoms with Crippen LogP contribution < -0.4 is 55.3 Å². The summed E-state index contributed by atoms with van der Waals surface area (Å²) < 4.78 is 100. The van der Waals surface area contributed by atoms with Crippen molar-refractivity contribution in [3.05, 3.63) is 383 Å².